The van der Waals surface area contributed by atoms with E-state index in [1.54, 1.807) is 0 Å². The summed E-state index contributed by atoms with van der Waals surface area (Å²) in [4.78, 5) is 24.9. The third kappa shape index (κ3) is 3.57. The first kappa shape index (κ1) is 14.5. The average Bonchev–Trinajstić information content (AvgIpc) is 2.78. The quantitative estimate of drug-likeness (QED) is 0.826. The van der Waals surface area contributed by atoms with Crippen molar-refractivity contribution in [2.24, 2.45) is 0 Å². The van der Waals surface area contributed by atoms with Crippen molar-refractivity contribution in [1.82, 2.24) is 4.90 Å². The van der Waals surface area contributed by atoms with Crippen molar-refractivity contribution < 1.29 is 19.1 Å². The standard InChI is InChI=1S/C15H19NO4/c1-11(2)19-10-14(17)16-13(9-20-15(16)18)8-12-6-4-3-5-7-12/h3-7,11,13H,8-10H2,1-2H3/t13-/m1/s1. The Balaban J connectivity index is 2.01. The second kappa shape index (κ2) is 6.52. The van der Waals surface area contributed by atoms with E-state index >= 15 is 0 Å². The Kier molecular flexibility index (Phi) is 4.74. The van der Waals surface area contributed by atoms with Crippen LogP contribution in [-0.4, -0.2) is 42.3 Å². The van der Waals surface area contributed by atoms with Crippen LogP contribution in [0.25, 0.3) is 0 Å². The number of hydrogen-bond donors (Lipinski definition) is 0. The van der Waals surface area contributed by atoms with Crippen LogP contribution >= 0.6 is 0 Å². The van der Waals surface area contributed by atoms with E-state index in [1.165, 1.54) is 4.90 Å². The Bertz CT molecular complexity index is 472. The van der Waals surface area contributed by atoms with Gasteiger partial charge in [0.2, 0.25) is 0 Å². The number of amides is 2. The minimum absolute atomic E-state index is 0.0508. The van der Waals surface area contributed by atoms with Gasteiger partial charge in [0, 0.05) is 0 Å². The van der Waals surface area contributed by atoms with Gasteiger partial charge in [0.15, 0.2) is 0 Å². The van der Waals surface area contributed by atoms with E-state index < -0.39 is 6.09 Å². The van der Waals surface area contributed by atoms with Gasteiger partial charge in [0.25, 0.3) is 5.91 Å². The maximum atomic E-state index is 12.1. The summed E-state index contributed by atoms with van der Waals surface area (Å²) in [5, 5.41) is 0. The number of benzene rings is 1. The van der Waals surface area contributed by atoms with Crippen LogP contribution in [0, 0.1) is 0 Å². The van der Waals surface area contributed by atoms with Crippen molar-refractivity contribution >= 4 is 12.0 Å². The molecule has 0 bridgehead atoms. The second-order valence-corrected chi connectivity index (χ2v) is 5.04. The number of carbonyl (C=O) groups is 2. The number of carbonyl (C=O) groups excluding carboxylic acids is 2. The number of imide groups is 1. The van der Waals surface area contributed by atoms with Crippen LogP contribution in [0.5, 0.6) is 0 Å². The van der Waals surface area contributed by atoms with E-state index in [0.29, 0.717) is 6.42 Å². The van der Waals surface area contributed by atoms with Gasteiger partial charge in [-0.1, -0.05) is 30.3 Å². The van der Waals surface area contributed by atoms with Crippen molar-refractivity contribution in [3.63, 3.8) is 0 Å². The monoisotopic (exact) mass is 277 g/mol. The van der Waals surface area contributed by atoms with E-state index in [-0.39, 0.29) is 31.3 Å². The number of hydrogen-bond acceptors (Lipinski definition) is 4. The molecule has 0 unspecified atom stereocenters. The van der Waals surface area contributed by atoms with Crippen molar-refractivity contribution in [1.29, 1.82) is 0 Å². The predicted octanol–water partition coefficient (Wildman–Crippen LogP) is 2.00. The average molecular weight is 277 g/mol. The molecular formula is C15H19NO4. The molecule has 108 valence electrons. The Hall–Kier alpha value is -1.88. The Morgan fingerprint density at radius 3 is 2.75 bits per heavy atom. The van der Waals surface area contributed by atoms with Gasteiger partial charge >= 0.3 is 6.09 Å². The predicted molar refractivity (Wildman–Crippen MR) is 73.2 cm³/mol. The van der Waals surface area contributed by atoms with Crippen LogP contribution in [0.4, 0.5) is 4.79 Å². The summed E-state index contributed by atoms with van der Waals surface area (Å²) in [5.74, 6) is -0.345. The highest BCUT2D eigenvalue weighted by Gasteiger charge is 2.37. The SMILES string of the molecule is CC(C)OCC(=O)N1C(=O)OC[C@H]1Cc1ccccc1. The number of ether oxygens (including phenoxy) is 2. The lowest BCUT2D eigenvalue weighted by atomic mass is 10.1. The zero-order valence-corrected chi connectivity index (χ0v) is 11.7. The molecule has 0 radical (unpaired) electrons. The van der Waals surface area contributed by atoms with Gasteiger partial charge < -0.3 is 9.47 Å². The largest absolute Gasteiger partial charge is 0.447 e. The fourth-order valence-corrected chi connectivity index (χ4v) is 2.11. The maximum absolute atomic E-state index is 12.1. The molecule has 5 nitrogen and oxygen atoms in total. The Labute approximate surface area is 118 Å². The first-order chi connectivity index (χ1) is 9.58. The Morgan fingerprint density at radius 2 is 2.10 bits per heavy atom. The molecular weight excluding hydrogens is 258 g/mol. The lowest BCUT2D eigenvalue weighted by molar-refractivity contribution is -0.135. The third-order valence-corrected chi connectivity index (χ3v) is 3.08. The number of rotatable bonds is 5. The fourth-order valence-electron chi connectivity index (χ4n) is 2.11. The second-order valence-electron chi connectivity index (χ2n) is 5.04. The molecule has 1 aromatic carbocycles. The van der Waals surface area contributed by atoms with Gasteiger partial charge in [-0.2, -0.15) is 0 Å². The molecule has 0 aromatic heterocycles. The molecule has 1 atom stereocenters. The smallest absolute Gasteiger partial charge is 0.417 e. The molecule has 1 aliphatic heterocycles. The molecule has 0 spiro atoms. The van der Waals surface area contributed by atoms with Crippen LogP contribution in [-0.2, 0) is 20.7 Å². The first-order valence-corrected chi connectivity index (χ1v) is 6.72. The normalized spacial score (nSPS) is 18.4. The summed E-state index contributed by atoms with van der Waals surface area (Å²) >= 11 is 0. The third-order valence-electron chi connectivity index (χ3n) is 3.08. The topological polar surface area (TPSA) is 55.8 Å². The van der Waals surface area contributed by atoms with E-state index in [4.69, 9.17) is 9.47 Å². The molecule has 0 aliphatic carbocycles. The summed E-state index contributed by atoms with van der Waals surface area (Å²) < 4.78 is 10.3. The minimum atomic E-state index is -0.580. The highest BCUT2D eigenvalue weighted by atomic mass is 16.6. The van der Waals surface area contributed by atoms with Crippen molar-refractivity contribution in [3.05, 3.63) is 35.9 Å². The molecule has 2 rings (SSSR count). The fraction of sp³-hybridized carbons (Fsp3) is 0.467. The van der Waals surface area contributed by atoms with Crippen LogP contribution in [0.3, 0.4) is 0 Å². The van der Waals surface area contributed by atoms with Crippen molar-refractivity contribution in [3.8, 4) is 0 Å². The van der Waals surface area contributed by atoms with Crippen LogP contribution in [0.1, 0.15) is 19.4 Å². The molecule has 1 fully saturated rings. The summed E-state index contributed by atoms with van der Waals surface area (Å²) in [6.07, 6.45) is -0.0339. The van der Waals surface area contributed by atoms with Gasteiger partial charge in [-0.25, -0.2) is 9.69 Å². The zero-order valence-electron chi connectivity index (χ0n) is 11.7. The molecule has 0 saturated carbocycles. The molecule has 0 N–H and O–H groups in total. The van der Waals surface area contributed by atoms with E-state index in [1.807, 2.05) is 44.2 Å². The summed E-state index contributed by atoms with van der Waals surface area (Å²) in [7, 11) is 0. The highest BCUT2D eigenvalue weighted by molar-refractivity contribution is 5.94. The van der Waals surface area contributed by atoms with Gasteiger partial charge in [-0.05, 0) is 25.8 Å². The first-order valence-electron chi connectivity index (χ1n) is 6.72. The van der Waals surface area contributed by atoms with Gasteiger partial charge in [-0.3, -0.25) is 4.79 Å². The number of cyclic esters (lactones) is 1. The van der Waals surface area contributed by atoms with E-state index in [2.05, 4.69) is 0 Å². The molecule has 1 saturated heterocycles. The van der Waals surface area contributed by atoms with Gasteiger partial charge in [-0.15, -0.1) is 0 Å². The molecule has 1 aromatic rings. The van der Waals surface area contributed by atoms with E-state index in [9.17, 15) is 9.59 Å². The highest BCUT2D eigenvalue weighted by Crippen LogP contribution is 2.17. The molecule has 1 heterocycles. The van der Waals surface area contributed by atoms with Crippen LogP contribution in [0.15, 0.2) is 30.3 Å². The molecule has 2 amide bonds. The molecule has 20 heavy (non-hydrogen) atoms. The van der Waals surface area contributed by atoms with Crippen molar-refractivity contribution in [2.45, 2.75) is 32.4 Å². The van der Waals surface area contributed by atoms with E-state index in [0.717, 1.165) is 5.56 Å². The summed E-state index contributed by atoms with van der Waals surface area (Å²) in [6.45, 7) is 3.83. The lowest BCUT2D eigenvalue weighted by Crippen LogP contribution is -2.42. The number of nitrogens with zero attached hydrogens (tertiary/aromatic N) is 1. The summed E-state index contributed by atoms with van der Waals surface area (Å²) in [5.41, 5.74) is 1.07. The minimum Gasteiger partial charge on any atom is -0.447 e. The maximum Gasteiger partial charge on any atom is 0.417 e. The summed E-state index contributed by atoms with van der Waals surface area (Å²) in [6, 6.07) is 9.47. The Morgan fingerprint density at radius 1 is 1.40 bits per heavy atom. The van der Waals surface area contributed by atoms with Gasteiger partial charge in [0.05, 0.1) is 12.1 Å². The van der Waals surface area contributed by atoms with Crippen molar-refractivity contribution in [2.75, 3.05) is 13.2 Å². The van der Waals surface area contributed by atoms with Gasteiger partial charge in [0.1, 0.15) is 13.2 Å². The lowest BCUT2D eigenvalue weighted by Gasteiger charge is -2.20. The zero-order chi connectivity index (χ0) is 14.5. The molecule has 5 heteroatoms. The van der Waals surface area contributed by atoms with Crippen LogP contribution < -0.4 is 0 Å². The van der Waals surface area contributed by atoms with Crippen LogP contribution in [0.2, 0.25) is 0 Å². The molecule has 1 aliphatic rings.